The summed E-state index contributed by atoms with van der Waals surface area (Å²) >= 11 is 7.35. The number of esters is 1. The summed E-state index contributed by atoms with van der Waals surface area (Å²) in [5.41, 5.74) is 0.0663. The monoisotopic (exact) mass is 389 g/mol. The van der Waals surface area contributed by atoms with Crippen molar-refractivity contribution in [2.75, 3.05) is 11.9 Å². The molecule has 0 saturated carbocycles. The van der Waals surface area contributed by atoms with Gasteiger partial charge in [0.2, 0.25) is 5.91 Å². The van der Waals surface area contributed by atoms with Crippen LogP contribution in [0.15, 0.2) is 17.0 Å². The molecule has 0 saturated heterocycles. The van der Waals surface area contributed by atoms with Crippen LogP contribution in [0.25, 0.3) is 0 Å². The van der Waals surface area contributed by atoms with Gasteiger partial charge < -0.3 is 10.1 Å². The summed E-state index contributed by atoms with van der Waals surface area (Å²) in [6.45, 7) is 7.84. The zero-order chi connectivity index (χ0) is 19.0. The molecule has 1 atom stereocenters. The highest BCUT2D eigenvalue weighted by molar-refractivity contribution is 8.00. The van der Waals surface area contributed by atoms with Gasteiger partial charge in [-0.2, -0.15) is 0 Å². The lowest BCUT2D eigenvalue weighted by molar-refractivity contribution is -0.142. The molecule has 0 radical (unpaired) electrons. The van der Waals surface area contributed by atoms with E-state index in [4.69, 9.17) is 16.3 Å². The lowest BCUT2D eigenvalue weighted by Gasteiger charge is -2.16. The molecule has 25 heavy (non-hydrogen) atoms. The van der Waals surface area contributed by atoms with Crippen LogP contribution >= 0.6 is 23.4 Å². The molecule has 7 heteroatoms. The van der Waals surface area contributed by atoms with Gasteiger partial charge in [0, 0.05) is 11.3 Å². The molecule has 4 nitrogen and oxygen atoms in total. The Morgan fingerprint density at radius 3 is 2.56 bits per heavy atom. The highest BCUT2D eigenvalue weighted by Gasteiger charge is 2.22. The fourth-order valence-electron chi connectivity index (χ4n) is 2.16. The fraction of sp³-hybridized carbons (Fsp3) is 0.556. The molecule has 0 heterocycles. The number of carbonyl (C=O) groups excluding carboxylic acids is 2. The standard InChI is InChI=1S/C18H25ClFNO3S/c1-5-7-15(18(23)24-6-2)25-16-10-14(13(20)9-12(16)19)21-17(22)8-11(3)4/h9-11,15H,5-8H2,1-4H3,(H,21,22). The van der Waals surface area contributed by atoms with Crippen LogP contribution in [0.5, 0.6) is 0 Å². The molecule has 0 bridgehead atoms. The number of hydrogen-bond acceptors (Lipinski definition) is 4. The van der Waals surface area contributed by atoms with Crippen molar-refractivity contribution in [2.45, 2.75) is 57.1 Å². The van der Waals surface area contributed by atoms with Gasteiger partial charge in [-0.25, -0.2) is 4.39 Å². The van der Waals surface area contributed by atoms with Crippen molar-refractivity contribution in [3.63, 3.8) is 0 Å². The number of halogens is 2. The largest absolute Gasteiger partial charge is 0.465 e. The van der Waals surface area contributed by atoms with Crippen molar-refractivity contribution in [1.82, 2.24) is 0 Å². The van der Waals surface area contributed by atoms with Crippen LogP contribution in [0.3, 0.4) is 0 Å². The second-order valence-electron chi connectivity index (χ2n) is 6.06. The Balaban J connectivity index is 3.00. The first-order valence-corrected chi connectivity index (χ1v) is 9.66. The van der Waals surface area contributed by atoms with Crippen molar-refractivity contribution in [3.05, 3.63) is 23.0 Å². The zero-order valence-corrected chi connectivity index (χ0v) is 16.6. The van der Waals surface area contributed by atoms with Crippen LogP contribution in [0, 0.1) is 11.7 Å². The molecule has 0 fully saturated rings. The molecule has 0 spiro atoms. The second-order valence-corrected chi connectivity index (χ2v) is 7.71. The molecule has 1 unspecified atom stereocenters. The van der Waals surface area contributed by atoms with E-state index < -0.39 is 11.1 Å². The van der Waals surface area contributed by atoms with Crippen molar-refractivity contribution in [2.24, 2.45) is 5.92 Å². The van der Waals surface area contributed by atoms with Gasteiger partial charge in [0.25, 0.3) is 0 Å². The summed E-state index contributed by atoms with van der Waals surface area (Å²) in [7, 11) is 0. The van der Waals surface area contributed by atoms with Gasteiger partial charge in [-0.3, -0.25) is 9.59 Å². The molecule has 140 valence electrons. The average Bonchev–Trinajstić information content (AvgIpc) is 2.50. The average molecular weight is 390 g/mol. The molecule has 0 aliphatic rings. The lowest BCUT2D eigenvalue weighted by Crippen LogP contribution is -2.20. The maximum absolute atomic E-state index is 14.1. The minimum absolute atomic E-state index is 0.0663. The smallest absolute Gasteiger partial charge is 0.319 e. The number of hydrogen-bond donors (Lipinski definition) is 1. The van der Waals surface area contributed by atoms with E-state index >= 15 is 0 Å². The first-order chi connectivity index (χ1) is 11.8. The second kappa shape index (κ2) is 10.7. The van der Waals surface area contributed by atoms with Crippen molar-refractivity contribution in [3.8, 4) is 0 Å². The van der Waals surface area contributed by atoms with Crippen LogP contribution in [0.2, 0.25) is 5.02 Å². The van der Waals surface area contributed by atoms with Gasteiger partial charge in [0.05, 0.1) is 17.3 Å². The minimum atomic E-state index is -0.602. The Labute approximate surface area is 157 Å². The highest BCUT2D eigenvalue weighted by Crippen LogP contribution is 2.36. The first-order valence-electron chi connectivity index (χ1n) is 8.40. The van der Waals surface area contributed by atoms with Crippen LogP contribution in [-0.4, -0.2) is 23.7 Å². The number of thioether (sulfide) groups is 1. The number of rotatable bonds is 9. The van der Waals surface area contributed by atoms with Gasteiger partial charge in [-0.1, -0.05) is 38.8 Å². The summed E-state index contributed by atoms with van der Waals surface area (Å²) in [4.78, 5) is 24.5. The summed E-state index contributed by atoms with van der Waals surface area (Å²) < 4.78 is 19.2. The predicted molar refractivity (Wildman–Crippen MR) is 101 cm³/mol. The normalized spacial score (nSPS) is 12.1. The van der Waals surface area contributed by atoms with E-state index in [0.29, 0.717) is 24.3 Å². The van der Waals surface area contributed by atoms with Crippen LogP contribution in [0.4, 0.5) is 10.1 Å². The van der Waals surface area contributed by atoms with E-state index in [-0.39, 0.29) is 28.5 Å². The molecule has 1 amide bonds. The molecule has 1 aromatic rings. The first kappa shape index (κ1) is 21.8. The fourth-order valence-corrected chi connectivity index (χ4v) is 3.63. The zero-order valence-electron chi connectivity index (χ0n) is 15.0. The van der Waals surface area contributed by atoms with Crippen molar-refractivity contribution < 1.29 is 18.7 Å². The Morgan fingerprint density at radius 1 is 1.32 bits per heavy atom. The highest BCUT2D eigenvalue weighted by atomic mass is 35.5. The van der Waals surface area contributed by atoms with E-state index in [1.807, 2.05) is 20.8 Å². The number of anilines is 1. The maximum atomic E-state index is 14.1. The minimum Gasteiger partial charge on any atom is -0.465 e. The quantitative estimate of drug-likeness (QED) is 0.460. The van der Waals surface area contributed by atoms with E-state index in [9.17, 15) is 14.0 Å². The van der Waals surface area contributed by atoms with Gasteiger partial charge in [-0.15, -0.1) is 11.8 Å². The SMILES string of the molecule is CCCC(Sc1cc(NC(=O)CC(C)C)c(F)cc1Cl)C(=O)OCC. The molecule has 1 N–H and O–H groups in total. The third-order valence-electron chi connectivity index (χ3n) is 3.26. The van der Waals surface area contributed by atoms with Crippen LogP contribution in [0.1, 0.15) is 47.0 Å². The molecular formula is C18H25ClFNO3S. The Morgan fingerprint density at radius 2 is 2.00 bits per heavy atom. The number of ether oxygens (including phenoxy) is 1. The van der Waals surface area contributed by atoms with Crippen LogP contribution < -0.4 is 5.32 Å². The summed E-state index contributed by atoms with van der Waals surface area (Å²) in [6, 6.07) is 2.63. The van der Waals surface area contributed by atoms with E-state index in [1.54, 1.807) is 6.92 Å². The summed E-state index contributed by atoms with van der Waals surface area (Å²) in [5, 5.41) is 2.35. The molecule has 0 aliphatic carbocycles. The summed E-state index contributed by atoms with van der Waals surface area (Å²) in [5.74, 6) is -1.01. The maximum Gasteiger partial charge on any atom is 0.319 e. The number of benzene rings is 1. The van der Waals surface area contributed by atoms with E-state index in [2.05, 4.69) is 5.32 Å². The van der Waals surface area contributed by atoms with Crippen LogP contribution in [-0.2, 0) is 14.3 Å². The Hall–Kier alpha value is -1.27. The molecule has 1 rings (SSSR count). The van der Waals surface area contributed by atoms with E-state index in [1.165, 1.54) is 17.8 Å². The third kappa shape index (κ3) is 7.24. The summed E-state index contributed by atoms with van der Waals surface area (Å²) in [6.07, 6.45) is 1.71. The number of amides is 1. The lowest BCUT2D eigenvalue weighted by atomic mass is 10.1. The Bertz CT molecular complexity index is 610. The van der Waals surface area contributed by atoms with Gasteiger partial charge in [-0.05, 0) is 31.4 Å². The molecular weight excluding hydrogens is 365 g/mol. The Kier molecular flexibility index (Phi) is 9.28. The van der Waals surface area contributed by atoms with Gasteiger partial charge in [0.1, 0.15) is 11.1 Å². The number of nitrogens with one attached hydrogen (secondary N) is 1. The molecule has 0 aliphatic heterocycles. The van der Waals surface area contributed by atoms with Crippen molar-refractivity contribution in [1.29, 1.82) is 0 Å². The van der Waals surface area contributed by atoms with Crippen molar-refractivity contribution >= 4 is 40.9 Å². The number of carbonyl (C=O) groups is 2. The molecule has 1 aromatic carbocycles. The third-order valence-corrected chi connectivity index (χ3v) is 4.99. The van der Waals surface area contributed by atoms with Gasteiger partial charge >= 0.3 is 5.97 Å². The predicted octanol–water partition coefficient (Wildman–Crippen LogP) is 5.29. The molecule has 0 aromatic heterocycles. The van der Waals surface area contributed by atoms with E-state index in [0.717, 1.165) is 12.5 Å². The topological polar surface area (TPSA) is 55.4 Å². The van der Waals surface area contributed by atoms with Gasteiger partial charge in [0.15, 0.2) is 0 Å².